The van der Waals surface area contributed by atoms with Gasteiger partial charge in [0.25, 0.3) is 5.91 Å². The molecule has 0 aliphatic carbocycles. The molecule has 0 fully saturated rings. The fraction of sp³-hybridized carbons (Fsp3) is 0.238. The first-order valence-corrected chi connectivity index (χ1v) is 10.3. The van der Waals surface area contributed by atoms with Crippen LogP contribution in [0.1, 0.15) is 17.4 Å². The predicted molar refractivity (Wildman–Crippen MR) is 115 cm³/mol. The van der Waals surface area contributed by atoms with E-state index in [0.717, 1.165) is 16.3 Å². The highest BCUT2D eigenvalue weighted by Crippen LogP contribution is 2.33. The molecule has 6 nitrogen and oxygen atoms in total. The molecule has 3 rings (SSSR count). The minimum atomic E-state index is -0.336. The summed E-state index contributed by atoms with van der Waals surface area (Å²) < 4.78 is 16.1. The van der Waals surface area contributed by atoms with Crippen LogP contribution in [0.3, 0.4) is 0 Å². The number of halogens is 1. The first-order valence-electron chi connectivity index (χ1n) is 9.02. The van der Waals surface area contributed by atoms with Gasteiger partial charge in [0.05, 0.1) is 23.9 Å². The van der Waals surface area contributed by atoms with Gasteiger partial charge in [-0.05, 0) is 43.3 Å². The van der Waals surface area contributed by atoms with Crippen molar-refractivity contribution < 1.29 is 19.0 Å². The van der Waals surface area contributed by atoms with Crippen LogP contribution >= 0.6 is 22.9 Å². The molecule has 1 amide bonds. The van der Waals surface area contributed by atoms with Crippen molar-refractivity contribution in [2.24, 2.45) is 0 Å². The number of amides is 1. The summed E-state index contributed by atoms with van der Waals surface area (Å²) in [5.41, 5.74) is 1.72. The normalized spacial score (nSPS) is 10.6. The molecule has 0 radical (unpaired) electrons. The summed E-state index contributed by atoms with van der Waals surface area (Å²) >= 11 is 7.61. The van der Waals surface area contributed by atoms with E-state index >= 15 is 0 Å². The lowest BCUT2D eigenvalue weighted by atomic mass is 10.2. The van der Waals surface area contributed by atoms with Crippen LogP contribution in [-0.4, -0.2) is 37.8 Å². The molecule has 1 heterocycles. The van der Waals surface area contributed by atoms with Crippen molar-refractivity contribution in [3.63, 3.8) is 0 Å². The average molecular weight is 433 g/mol. The smallest absolute Gasteiger partial charge is 0.275 e. The van der Waals surface area contributed by atoms with E-state index in [1.807, 2.05) is 31.2 Å². The number of hydrogen-bond acceptors (Lipinski definition) is 6. The van der Waals surface area contributed by atoms with Gasteiger partial charge in [-0.3, -0.25) is 4.79 Å². The van der Waals surface area contributed by atoms with Gasteiger partial charge < -0.3 is 19.5 Å². The zero-order valence-corrected chi connectivity index (χ0v) is 17.7. The van der Waals surface area contributed by atoms with E-state index in [1.54, 1.807) is 30.7 Å². The van der Waals surface area contributed by atoms with Crippen molar-refractivity contribution in [1.29, 1.82) is 0 Å². The Bertz CT molecular complexity index is 960. The third-order valence-electron chi connectivity index (χ3n) is 3.90. The van der Waals surface area contributed by atoms with Crippen LogP contribution < -0.4 is 14.8 Å². The molecule has 0 saturated heterocycles. The van der Waals surface area contributed by atoms with Gasteiger partial charge in [-0.25, -0.2) is 4.98 Å². The number of nitrogens with zero attached hydrogens (tertiary/aromatic N) is 1. The Morgan fingerprint density at radius 2 is 1.93 bits per heavy atom. The number of ether oxygens (including phenoxy) is 3. The molecule has 1 N–H and O–H groups in total. The largest absolute Gasteiger partial charge is 0.494 e. The van der Waals surface area contributed by atoms with Gasteiger partial charge in [0.1, 0.15) is 23.1 Å². The number of thiazole rings is 1. The molecule has 152 valence electrons. The minimum absolute atomic E-state index is 0.321. The predicted octanol–water partition coefficient (Wildman–Crippen LogP) is 5.14. The van der Waals surface area contributed by atoms with Crippen LogP contribution in [0.15, 0.2) is 47.8 Å². The average Bonchev–Trinajstić information content (AvgIpc) is 3.21. The Morgan fingerprint density at radius 3 is 2.66 bits per heavy atom. The summed E-state index contributed by atoms with van der Waals surface area (Å²) in [5, 5.41) is 5.70. The lowest BCUT2D eigenvalue weighted by Gasteiger charge is -2.13. The Hall–Kier alpha value is -2.61. The summed E-state index contributed by atoms with van der Waals surface area (Å²) in [6.07, 6.45) is 0. The van der Waals surface area contributed by atoms with E-state index in [4.69, 9.17) is 25.8 Å². The number of benzene rings is 2. The second-order valence-corrected chi connectivity index (χ2v) is 7.17. The Morgan fingerprint density at radius 1 is 1.14 bits per heavy atom. The van der Waals surface area contributed by atoms with Gasteiger partial charge >= 0.3 is 0 Å². The highest BCUT2D eigenvalue weighted by atomic mass is 35.5. The summed E-state index contributed by atoms with van der Waals surface area (Å²) in [6, 6.07) is 12.8. The van der Waals surface area contributed by atoms with Crippen molar-refractivity contribution in [3.05, 3.63) is 58.6 Å². The Labute approximate surface area is 178 Å². The molecule has 0 unspecified atom stereocenters. The molecular formula is C21H21ClN2O4S. The molecule has 8 heteroatoms. The Balaban J connectivity index is 1.73. The van der Waals surface area contributed by atoms with Crippen LogP contribution in [0.2, 0.25) is 5.02 Å². The molecular weight excluding hydrogens is 412 g/mol. The van der Waals surface area contributed by atoms with E-state index in [0.29, 0.717) is 42.0 Å². The molecule has 0 atom stereocenters. The molecule has 0 spiro atoms. The third-order valence-corrected chi connectivity index (χ3v) is 5.09. The lowest BCUT2D eigenvalue weighted by molar-refractivity contribution is 0.102. The second kappa shape index (κ2) is 10.2. The van der Waals surface area contributed by atoms with Gasteiger partial charge in [-0.15, -0.1) is 11.3 Å². The van der Waals surface area contributed by atoms with Crippen molar-refractivity contribution in [3.8, 4) is 22.1 Å². The Kier molecular flexibility index (Phi) is 7.46. The number of aromatic nitrogens is 1. The van der Waals surface area contributed by atoms with Crippen molar-refractivity contribution in [2.75, 3.05) is 32.2 Å². The highest BCUT2D eigenvalue weighted by Gasteiger charge is 2.16. The molecule has 0 aliphatic rings. The van der Waals surface area contributed by atoms with Crippen LogP contribution in [0, 0.1) is 0 Å². The van der Waals surface area contributed by atoms with Crippen molar-refractivity contribution >= 4 is 34.5 Å². The monoisotopic (exact) mass is 432 g/mol. The van der Waals surface area contributed by atoms with Gasteiger partial charge in [-0.1, -0.05) is 17.7 Å². The summed E-state index contributed by atoms with van der Waals surface area (Å²) in [4.78, 5) is 17.1. The van der Waals surface area contributed by atoms with Gasteiger partial charge in [0.15, 0.2) is 5.75 Å². The first kappa shape index (κ1) is 21.1. The fourth-order valence-electron chi connectivity index (χ4n) is 2.54. The fourth-order valence-corrected chi connectivity index (χ4v) is 3.57. The van der Waals surface area contributed by atoms with E-state index in [-0.39, 0.29) is 5.91 Å². The zero-order valence-electron chi connectivity index (χ0n) is 16.1. The van der Waals surface area contributed by atoms with Gasteiger partial charge in [-0.2, -0.15) is 0 Å². The number of hydrogen-bond donors (Lipinski definition) is 1. The molecule has 2 aromatic carbocycles. The van der Waals surface area contributed by atoms with E-state index in [2.05, 4.69) is 10.3 Å². The van der Waals surface area contributed by atoms with Crippen LogP contribution in [-0.2, 0) is 4.74 Å². The maximum Gasteiger partial charge on any atom is 0.275 e. The van der Waals surface area contributed by atoms with Crippen LogP contribution in [0.4, 0.5) is 5.69 Å². The molecule has 0 bridgehead atoms. The number of rotatable bonds is 9. The van der Waals surface area contributed by atoms with E-state index in [1.165, 1.54) is 11.3 Å². The number of carbonyl (C=O) groups excluding carboxylic acids is 1. The summed E-state index contributed by atoms with van der Waals surface area (Å²) in [5.74, 6) is 0.867. The number of nitrogens with one attached hydrogen (secondary N) is 1. The van der Waals surface area contributed by atoms with Gasteiger partial charge in [0.2, 0.25) is 0 Å². The number of carbonyl (C=O) groups is 1. The number of methoxy groups -OCH3 is 1. The second-order valence-electron chi connectivity index (χ2n) is 5.91. The highest BCUT2D eigenvalue weighted by molar-refractivity contribution is 7.13. The zero-order chi connectivity index (χ0) is 20.6. The van der Waals surface area contributed by atoms with Crippen molar-refractivity contribution in [1.82, 2.24) is 4.98 Å². The SMILES string of the molecule is CCOc1ccc(-c2nc(C(=O)Nc3cccc(Cl)c3OCCOC)cs2)cc1. The van der Waals surface area contributed by atoms with Crippen molar-refractivity contribution in [2.45, 2.75) is 6.92 Å². The molecule has 0 aliphatic heterocycles. The number of anilines is 1. The lowest BCUT2D eigenvalue weighted by Crippen LogP contribution is -2.14. The van der Waals surface area contributed by atoms with E-state index < -0.39 is 0 Å². The van der Waals surface area contributed by atoms with Gasteiger partial charge in [0, 0.05) is 18.1 Å². The standard InChI is InChI=1S/C21H21ClN2O4S/c1-3-27-15-9-7-14(8-10-15)21-24-18(13-29-21)20(25)23-17-6-4-5-16(22)19(17)28-12-11-26-2/h4-10,13H,3,11-12H2,1-2H3,(H,23,25). The first-order chi connectivity index (χ1) is 14.1. The van der Waals surface area contributed by atoms with E-state index in [9.17, 15) is 4.79 Å². The number of para-hydroxylation sites is 1. The quantitative estimate of drug-likeness (QED) is 0.474. The third kappa shape index (κ3) is 5.47. The topological polar surface area (TPSA) is 69.7 Å². The van der Waals surface area contributed by atoms with Crippen LogP contribution in [0.25, 0.3) is 10.6 Å². The molecule has 3 aromatic rings. The van der Waals surface area contributed by atoms with Crippen LogP contribution in [0.5, 0.6) is 11.5 Å². The summed E-state index contributed by atoms with van der Waals surface area (Å²) in [7, 11) is 1.59. The maximum absolute atomic E-state index is 12.7. The maximum atomic E-state index is 12.7. The summed E-state index contributed by atoms with van der Waals surface area (Å²) in [6.45, 7) is 3.28. The molecule has 29 heavy (non-hydrogen) atoms. The molecule has 0 saturated carbocycles. The minimum Gasteiger partial charge on any atom is -0.494 e. The molecule has 1 aromatic heterocycles.